The monoisotopic (exact) mass is 261 g/mol. The minimum Gasteiger partial charge on any atom is -0.355 e. The molecule has 0 aliphatic heterocycles. The van der Waals surface area contributed by atoms with E-state index in [9.17, 15) is 13.2 Å². The van der Waals surface area contributed by atoms with Crippen LogP contribution in [0.5, 0.6) is 0 Å². The Labute approximate surface area is 105 Å². The largest absolute Gasteiger partial charge is 0.433 e. The second kappa shape index (κ2) is 6.58. The summed E-state index contributed by atoms with van der Waals surface area (Å²) in [4.78, 5) is 5.54. The first kappa shape index (κ1) is 14.8. The lowest BCUT2D eigenvalue weighted by Gasteiger charge is -2.23. The number of nitrogens with zero attached hydrogens (tertiary/aromatic N) is 2. The summed E-state index contributed by atoms with van der Waals surface area (Å²) in [5.41, 5.74) is -0.842. The number of likely N-dealkylation sites (N-methyl/N-ethyl adjacent to an activating group) is 1. The molecule has 0 atom stereocenters. The zero-order valence-electron chi connectivity index (χ0n) is 10.6. The van der Waals surface area contributed by atoms with Gasteiger partial charge in [-0.1, -0.05) is 13.0 Å². The molecule has 1 aromatic rings. The van der Waals surface area contributed by atoms with Crippen molar-refractivity contribution in [2.75, 3.05) is 31.6 Å². The van der Waals surface area contributed by atoms with E-state index in [1.807, 2.05) is 18.9 Å². The number of aromatic nitrogens is 1. The van der Waals surface area contributed by atoms with E-state index in [-0.39, 0.29) is 0 Å². The molecule has 0 amide bonds. The van der Waals surface area contributed by atoms with Crippen molar-refractivity contribution in [2.24, 2.45) is 0 Å². The van der Waals surface area contributed by atoms with Crippen molar-refractivity contribution >= 4 is 5.82 Å². The van der Waals surface area contributed by atoms with E-state index in [1.54, 1.807) is 6.07 Å². The van der Waals surface area contributed by atoms with Gasteiger partial charge in [-0.05, 0) is 25.6 Å². The van der Waals surface area contributed by atoms with Gasteiger partial charge in [0.25, 0.3) is 0 Å². The van der Waals surface area contributed by atoms with Gasteiger partial charge in [-0.3, -0.25) is 0 Å². The molecule has 3 nitrogen and oxygen atoms in total. The molecule has 0 bridgehead atoms. The van der Waals surface area contributed by atoms with Gasteiger partial charge in [-0.25, -0.2) is 4.98 Å². The molecular formula is C12H18F3N3. The first-order valence-corrected chi connectivity index (χ1v) is 5.92. The van der Waals surface area contributed by atoms with Gasteiger partial charge in [0.1, 0.15) is 11.5 Å². The summed E-state index contributed by atoms with van der Waals surface area (Å²) >= 11 is 0. The second-order valence-corrected chi connectivity index (χ2v) is 3.97. The highest BCUT2D eigenvalue weighted by Gasteiger charge is 2.32. The average Bonchev–Trinajstić information content (AvgIpc) is 2.33. The van der Waals surface area contributed by atoms with Crippen LogP contribution in [-0.2, 0) is 6.18 Å². The van der Waals surface area contributed by atoms with Gasteiger partial charge in [0.2, 0.25) is 0 Å². The molecule has 18 heavy (non-hydrogen) atoms. The molecule has 0 aliphatic rings. The zero-order chi connectivity index (χ0) is 13.6. The number of rotatable bonds is 6. The van der Waals surface area contributed by atoms with Gasteiger partial charge in [-0.15, -0.1) is 0 Å². The molecule has 1 aromatic heterocycles. The van der Waals surface area contributed by atoms with Crippen LogP contribution in [0.25, 0.3) is 0 Å². The lowest BCUT2D eigenvalue weighted by molar-refractivity contribution is -0.141. The van der Waals surface area contributed by atoms with E-state index in [2.05, 4.69) is 10.3 Å². The zero-order valence-corrected chi connectivity index (χ0v) is 10.6. The highest BCUT2D eigenvalue weighted by atomic mass is 19.4. The van der Waals surface area contributed by atoms with Crippen LogP contribution in [0.3, 0.4) is 0 Å². The first-order valence-electron chi connectivity index (χ1n) is 5.92. The van der Waals surface area contributed by atoms with Crippen LogP contribution in [-0.4, -0.2) is 31.7 Å². The van der Waals surface area contributed by atoms with Crippen LogP contribution in [0.1, 0.15) is 19.0 Å². The second-order valence-electron chi connectivity index (χ2n) is 3.97. The molecule has 6 heteroatoms. The normalized spacial score (nSPS) is 11.6. The summed E-state index contributed by atoms with van der Waals surface area (Å²) in [6, 6.07) is 4.00. The summed E-state index contributed by atoms with van der Waals surface area (Å²) in [5, 5.41) is 2.98. The summed E-state index contributed by atoms with van der Waals surface area (Å²) in [5.74, 6) is 0.377. The van der Waals surface area contributed by atoms with Gasteiger partial charge in [0, 0.05) is 19.6 Å². The van der Waals surface area contributed by atoms with E-state index >= 15 is 0 Å². The van der Waals surface area contributed by atoms with E-state index in [1.165, 1.54) is 6.07 Å². The van der Waals surface area contributed by atoms with Gasteiger partial charge in [-0.2, -0.15) is 13.2 Å². The fourth-order valence-corrected chi connectivity index (χ4v) is 1.61. The number of alkyl halides is 3. The van der Waals surface area contributed by atoms with Gasteiger partial charge >= 0.3 is 6.18 Å². The third-order valence-corrected chi connectivity index (χ3v) is 2.47. The minimum absolute atomic E-state index is 0.377. The van der Waals surface area contributed by atoms with Crippen molar-refractivity contribution in [3.8, 4) is 0 Å². The Morgan fingerprint density at radius 2 is 2.00 bits per heavy atom. The molecule has 1 heterocycles. The Hall–Kier alpha value is -1.30. The van der Waals surface area contributed by atoms with Crippen LogP contribution in [0.2, 0.25) is 0 Å². The van der Waals surface area contributed by atoms with E-state index in [4.69, 9.17) is 0 Å². The Kier molecular flexibility index (Phi) is 5.40. The maximum absolute atomic E-state index is 12.6. The third kappa shape index (κ3) is 4.18. The predicted octanol–water partition coefficient (Wildman–Crippen LogP) is 2.54. The number of hydrogen-bond acceptors (Lipinski definition) is 3. The SMILES string of the molecule is CCCN(CCNC)c1cccc(C(F)(F)F)n1. The molecule has 0 aliphatic carbocycles. The average molecular weight is 261 g/mol. The van der Waals surface area contributed by atoms with Crippen LogP contribution in [0.15, 0.2) is 18.2 Å². The Bertz CT molecular complexity index is 366. The molecule has 1 rings (SSSR count). The van der Waals surface area contributed by atoms with Crippen molar-refractivity contribution in [2.45, 2.75) is 19.5 Å². The highest BCUT2D eigenvalue weighted by Crippen LogP contribution is 2.28. The van der Waals surface area contributed by atoms with Gasteiger partial charge in [0.15, 0.2) is 0 Å². The summed E-state index contributed by atoms with van der Waals surface area (Å²) < 4.78 is 37.7. The summed E-state index contributed by atoms with van der Waals surface area (Å²) in [6.45, 7) is 4.02. The molecule has 0 aromatic carbocycles. The smallest absolute Gasteiger partial charge is 0.355 e. The maximum Gasteiger partial charge on any atom is 0.433 e. The van der Waals surface area contributed by atoms with Gasteiger partial charge in [0.05, 0.1) is 0 Å². The van der Waals surface area contributed by atoms with E-state index < -0.39 is 11.9 Å². The van der Waals surface area contributed by atoms with Crippen LogP contribution in [0, 0.1) is 0 Å². The van der Waals surface area contributed by atoms with Crippen LogP contribution >= 0.6 is 0 Å². The van der Waals surface area contributed by atoms with Gasteiger partial charge < -0.3 is 10.2 Å². The highest BCUT2D eigenvalue weighted by molar-refractivity contribution is 5.39. The van der Waals surface area contributed by atoms with Crippen LogP contribution < -0.4 is 10.2 Å². The van der Waals surface area contributed by atoms with Crippen molar-refractivity contribution in [3.05, 3.63) is 23.9 Å². The standard InChI is InChI=1S/C12H18F3N3/c1-3-8-18(9-7-16-2)11-6-4-5-10(17-11)12(13,14)15/h4-6,16H,3,7-9H2,1-2H3. The first-order chi connectivity index (χ1) is 8.49. The number of anilines is 1. The number of nitrogens with one attached hydrogen (secondary N) is 1. The minimum atomic E-state index is -4.39. The van der Waals surface area contributed by atoms with Crippen molar-refractivity contribution in [3.63, 3.8) is 0 Å². The topological polar surface area (TPSA) is 28.2 Å². The number of pyridine rings is 1. The third-order valence-electron chi connectivity index (χ3n) is 2.47. The lowest BCUT2D eigenvalue weighted by Crippen LogP contribution is -2.32. The molecule has 0 unspecified atom stereocenters. The molecule has 0 spiro atoms. The molecule has 102 valence electrons. The maximum atomic E-state index is 12.6. The van der Waals surface area contributed by atoms with Crippen molar-refractivity contribution < 1.29 is 13.2 Å². The summed E-state index contributed by atoms with van der Waals surface area (Å²) in [6.07, 6.45) is -3.53. The molecular weight excluding hydrogens is 243 g/mol. The fourth-order valence-electron chi connectivity index (χ4n) is 1.61. The molecule has 0 saturated heterocycles. The molecule has 1 N–H and O–H groups in total. The van der Waals surface area contributed by atoms with E-state index in [0.717, 1.165) is 12.5 Å². The Morgan fingerprint density at radius 1 is 1.28 bits per heavy atom. The lowest BCUT2D eigenvalue weighted by atomic mass is 10.3. The molecule has 0 fully saturated rings. The Balaban J connectivity index is 2.90. The van der Waals surface area contributed by atoms with Crippen molar-refractivity contribution in [1.29, 1.82) is 0 Å². The number of hydrogen-bond donors (Lipinski definition) is 1. The Morgan fingerprint density at radius 3 is 2.56 bits per heavy atom. The fraction of sp³-hybridized carbons (Fsp3) is 0.583. The summed E-state index contributed by atoms with van der Waals surface area (Å²) in [7, 11) is 1.81. The molecule has 0 saturated carbocycles. The predicted molar refractivity (Wildman–Crippen MR) is 65.7 cm³/mol. The van der Waals surface area contributed by atoms with Crippen molar-refractivity contribution in [1.82, 2.24) is 10.3 Å². The van der Waals surface area contributed by atoms with E-state index in [0.29, 0.717) is 25.5 Å². The van der Waals surface area contributed by atoms with Crippen LogP contribution in [0.4, 0.5) is 19.0 Å². The quantitative estimate of drug-likeness (QED) is 0.853. The number of halogens is 3. The molecule has 0 radical (unpaired) electrons.